The first-order valence-corrected chi connectivity index (χ1v) is 5.03. The highest BCUT2D eigenvalue weighted by Gasteiger charge is 1.97. The number of carbonyl (C=O) groups is 1. The van der Waals surface area contributed by atoms with Gasteiger partial charge in [0.25, 0.3) is 0 Å². The van der Waals surface area contributed by atoms with E-state index in [9.17, 15) is 4.79 Å². The van der Waals surface area contributed by atoms with Gasteiger partial charge in [-0.15, -0.1) is 0 Å². The minimum absolute atomic E-state index is 0.0878. The summed E-state index contributed by atoms with van der Waals surface area (Å²) in [4.78, 5) is 24.8. The predicted molar refractivity (Wildman–Crippen MR) is 46.4 cm³/mol. The summed E-state index contributed by atoms with van der Waals surface area (Å²) >= 11 is 0. The molecular formula is C6H15O6P. The van der Waals surface area contributed by atoms with Crippen molar-refractivity contribution in [3.63, 3.8) is 0 Å². The van der Waals surface area contributed by atoms with Crippen molar-refractivity contribution in [3.8, 4) is 0 Å². The summed E-state index contributed by atoms with van der Waals surface area (Å²) in [6, 6.07) is 0. The lowest BCUT2D eigenvalue weighted by Gasteiger charge is -1.98. The average Bonchev–Trinajstić information content (AvgIpc) is 2.00. The molecule has 0 amide bonds. The van der Waals surface area contributed by atoms with Gasteiger partial charge in [-0.1, -0.05) is 6.92 Å². The molecule has 0 aromatic heterocycles. The van der Waals surface area contributed by atoms with Crippen LogP contribution in [0.3, 0.4) is 0 Å². The van der Waals surface area contributed by atoms with Gasteiger partial charge in [-0.2, -0.15) is 0 Å². The molecule has 0 aromatic carbocycles. The molecule has 3 N–H and O–H groups in total. The van der Waals surface area contributed by atoms with E-state index in [1.807, 2.05) is 6.92 Å². The van der Waals surface area contributed by atoms with E-state index >= 15 is 0 Å². The topological polar surface area (TPSA) is 104 Å². The zero-order valence-corrected chi connectivity index (χ0v) is 8.39. The van der Waals surface area contributed by atoms with Crippen molar-refractivity contribution in [2.75, 3.05) is 13.2 Å². The van der Waals surface area contributed by atoms with Crippen LogP contribution in [0, 0.1) is 0 Å². The fraction of sp³-hybridized carbons (Fsp3) is 0.833. The van der Waals surface area contributed by atoms with Gasteiger partial charge in [0.2, 0.25) is 0 Å². The van der Waals surface area contributed by atoms with E-state index in [4.69, 9.17) is 19.5 Å². The number of ether oxygens (including phenoxy) is 1. The molecule has 0 aliphatic rings. The van der Waals surface area contributed by atoms with E-state index in [1.54, 1.807) is 0 Å². The largest absolute Gasteiger partial charge is 0.463 e. The van der Waals surface area contributed by atoms with Crippen molar-refractivity contribution in [1.29, 1.82) is 0 Å². The molecule has 0 radical (unpaired) electrons. The zero-order valence-electron chi connectivity index (χ0n) is 7.39. The number of aliphatic hydroxyl groups is 1. The van der Waals surface area contributed by atoms with Gasteiger partial charge in [-0.05, 0) is 6.42 Å². The second-order valence-corrected chi connectivity index (χ2v) is 2.54. The van der Waals surface area contributed by atoms with Gasteiger partial charge in [-0.25, -0.2) is 0 Å². The summed E-state index contributed by atoms with van der Waals surface area (Å²) in [5.74, 6) is -0.230. The predicted octanol–water partition coefficient (Wildman–Crippen LogP) is -0.317. The van der Waals surface area contributed by atoms with Gasteiger partial charge in [0, 0.05) is 6.42 Å². The fourth-order valence-electron chi connectivity index (χ4n) is 0.436. The molecule has 0 saturated heterocycles. The lowest BCUT2D eigenvalue weighted by molar-refractivity contribution is -0.144. The van der Waals surface area contributed by atoms with Gasteiger partial charge in [0.15, 0.2) is 0 Å². The van der Waals surface area contributed by atoms with E-state index < -0.39 is 8.25 Å². The molecular weight excluding hydrogens is 199 g/mol. The molecule has 7 heteroatoms. The molecule has 13 heavy (non-hydrogen) atoms. The molecule has 0 unspecified atom stereocenters. The van der Waals surface area contributed by atoms with E-state index in [1.165, 1.54) is 0 Å². The Morgan fingerprint density at radius 3 is 2.23 bits per heavy atom. The number of hydrogen-bond donors (Lipinski definition) is 3. The highest BCUT2D eigenvalue weighted by molar-refractivity contribution is 7.30. The molecule has 0 aliphatic heterocycles. The maximum absolute atomic E-state index is 10.5. The van der Waals surface area contributed by atoms with Crippen LogP contribution in [0.1, 0.15) is 19.8 Å². The lowest BCUT2D eigenvalue weighted by atomic mass is 10.3. The van der Waals surface area contributed by atoms with Crippen LogP contribution in [0.4, 0.5) is 0 Å². The van der Waals surface area contributed by atoms with Gasteiger partial charge in [-0.3, -0.25) is 9.36 Å². The van der Waals surface area contributed by atoms with Crippen molar-refractivity contribution in [3.05, 3.63) is 0 Å². The van der Waals surface area contributed by atoms with Crippen LogP contribution in [0.5, 0.6) is 0 Å². The van der Waals surface area contributed by atoms with E-state index in [0.717, 1.165) is 6.42 Å². The Kier molecular flexibility index (Phi) is 13.4. The summed E-state index contributed by atoms with van der Waals surface area (Å²) in [5.41, 5.74) is 0. The van der Waals surface area contributed by atoms with Gasteiger partial charge in [0.1, 0.15) is 6.61 Å². The molecule has 0 aliphatic carbocycles. The second kappa shape index (κ2) is 11.6. The van der Waals surface area contributed by atoms with Crippen LogP contribution >= 0.6 is 8.25 Å². The third-order valence-electron chi connectivity index (χ3n) is 0.808. The van der Waals surface area contributed by atoms with Crippen LogP contribution in [-0.4, -0.2) is 34.1 Å². The Bertz CT molecular complexity index is 144. The first kappa shape index (κ1) is 15.1. The van der Waals surface area contributed by atoms with E-state index in [2.05, 4.69) is 4.74 Å². The molecule has 0 atom stereocenters. The SMILES string of the molecule is CCCC(=O)OCCO.O=[PH](O)O. The summed E-state index contributed by atoms with van der Waals surface area (Å²) in [6.07, 6.45) is 1.24. The van der Waals surface area contributed by atoms with E-state index in [0.29, 0.717) is 6.42 Å². The zero-order chi connectivity index (χ0) is 10.7. The molecule has 0 fully saturated rings. The smallest absolute Gasteiger partial charge is 0.314 e. The summed E-state index contributed by atoms with van der Waals surface area (Å²) < 4.78 is 13.3. The number of esters is 1. The normalized spacial score (nSPS) is 9.00. The third-order valence-corrected chi connectivity index (χ3v) is 0.808. The Balaban J connectivity index is 0. The van der Waals surface area contributed by atoms with Gasteiger partial charge >= 0.3 is 14.2 Å². The minimum atomic E-state index is -3.13. The average molecular weight is 214 g/mol. The quantitative estimate of drug-likeness (QED) is 0.437. The standard InChI is InChI=1S/C6H12O3.H3O3P/c1-2-3-6(8)9-5-4-7;1-4(2)3/h7H,2-5H2,1H3;4H,(H2,1,2,3). The molecule has 0 heterocycles. The van der Waals surface area contributed by atoms with Gasteiger partial charge < -0.3 is 19.6 Å². The van der Waals surface area contributed by atoms with Crippen LogP contribution in [0.25, 0.3) is 0 Å². The maximum Gasteiger partial charge on any atom is 0.314 e. The third kappa shape index (κ3) is 24.5. The number of aliphatic hydroxyl groups excluding tert-OH is 1. The number of rotatable bonds is 4. The Hall–Kier alpha value is -0.420. The summed E-state index contributed by atoms with van der Waals surface area (Å²) in [5, 5.41) is 8.21. The first-order valence-electron chi connectivity index (χ1n) is 3.73. The molecule has 0 aromatic rings. The molecule has 0 bridgehead atoms. The highest BCUT2D eigenvalue weighted by atomic mass is 31.1. The Labute approximate surface area is 77.1 Å². The fourth-order valence-corrected chi connectivity index (χ4v) is 0.436. The van der Waals surface area contributed by atoms with Crippen LogP contribution in [-0.2, 0) is 14.1 Å². The van der Waals surface area contributed by atoms with Crippen LogP contribution in [0.15, 0.2) is 0 Å². The van der Waals surface area contributed by atoms with Crippen LogP contribution in [0.2, 0.25) is 0 Å². The molecule has 0 spiro atoms. The summed E-state index contributed by atoms with van der Waals surface area (Å²) in [7, 11) is -3.13. The molecule has 6 nitrogen and oxygen atoms in total. The van der Waals surface area contributed by atoms with E-state index in [-0.39, 0.29) is 19.2 Å². The van der Waals surface area contributed by atoms with Crippen molar-refractivity contribution < 1.29 is 29.0 Å². The molecule has 0 rings (SSSR count). The van der Waals surface area contributed by atoms with Crippen molar-refractivity contribution >= 4 is 14.2 Å². The lowest BCUT2D eigenvalue weighted by Crippen LogP contribution is -2.07. The number of carbonyl (C=O) groups excluding carboxylic acids is 1. The van der Waals surface area contributed by atoms with Gasteiger partial charge in [0.05, 0.1) is 6.61 Å². The Morgan fingerprint density at radius 2 is 1.92 bits per heavy atom. The molecule has 0 saturated carbocycles. The summed E-state index contributed by atoms with van der Waals surface area (Å²) in [6.45, 7) is 1.94. The van der Waals surface area contributed by atoms with Crippen molar-refractivity contribution in [2.24, 2.45) is 0 Å². The van der Waals surface area contributed by atoms with Crippen molar-refractivity contribution in [2.45, 2.75) is 19.8 Å². The van der Waals surface area contributed by atoms with Crippen molar-refractivity contribution in [1.82, 2.24) is 0 Å². The second-order valence-electron chi connectivity index (χ2n) is 1.98. The monoisotopic (exact) mass is 214 g/mol. The van der Waals surface area contributed by atoms with Crippen LogP contribution < -0.4 is 0 Å². The Morgan fingerprint density at radius 1 is 1.46 bits per heavy atom. The number of hydrogen-bond acceptors (Lipinski definition) is 4. The minimum Gasteiger partial charge on any atom is -0.463 e. The molecule has 80 valence electrons. The maximum atomic E-state index is 10.5. The highest BCUT2D eigenvalue weighted by Crippen LogP contribution is 1.98. The first-order chi connectivity index (χ1) is 6.04.